The van der Waals surface area contributed by atoms with Crippen LogP contribution in [0.1, 0.15) is 27.7 Å². The summed E-state index contributed by atoms with van der Waals surface area (Å²) in [6.07, 6.45) is 0.335. The van der Waals surface area contributed by atoms with Crippen molar-refractivity contribution in [2.75, 3.05) is 0 Å². The fraction of sp³-hybridized carbons (Fsp3) is 1.00. The largest absolute Gasteiger partial charge is 0.415 e. The highest BCUT2D eigenvalue weighted by molar-refractivity contribution is 5.98. The second kappa shape index (κ2) is 4.07. The molecule has 0 rings (SSSR count). The van der Waals surface area contributed by atoms with Crippen molar-refractivity contribution in [1.82, 2.24) is 0 Å². The molecular weight excluding hydrogens is 128 g/mol. The molecular formula is C7H15OSi. The van der Waals surface area contributed by atoms with Crippen molar-refractivity contribution in [3.8, 4) is 0 Å². The minimum absolute atomic E-state index is 0.335. The normalized spacial score (nSPS) is 12.0. The van der Waals surface area contributed by atoms with Crippen LogP contribution in [0.3, 0.4) is 0 Å². The van der Waals surface area contributed by atoms with Crippen LogP contribution >= 0.6 is 0 Å². The van der Waals surface area contributed by atoms with Crippen LogP contribution in [0.15, 0.2) is 0 Å². The van der Waals surface area contributed by atoms with Crippen molar-refractivity contribution in [1.29, 1.82) is 0 Å². The maximum atomic E-state index is 5.08. The van der Waals surface area contributed by atoms with Gasteiger partial charge in [0.05, 0.1) is 0 Å². The Bertz CT molecular complexity index is 63.3. The van der Waals surface area contributed by atoms with E-state index in [4.69, 9.17) is 4.43 Å². The molecule has 0 N–H and O–H groups in total. The van der Waals surface area contributed by atoms with E-state index in [0.717, 1.165) is 0 Å². The molecule has 0 saturated heterocycles. The average Bonchev–Trinajstić information content (AvgIpc) is 1.64. The zero-order chi connectivity index (χ0) is 7.44. The minimum atomic E-state index is 0.335. The predicted molar refractivity (Wildman–Crippen MR) is 40.3 cm³/mol. The highest BCUT2D eigenvalue weighted by Gasteiger charge is 2.14. The van der Waals surface area contributed by atoms with Gasteiger partial charge in [-0.15, -0.1) is 0 Å². The van der Waals surface area contributed by atoms with Gasteiger partial charge in [0.15, 0.2) is 0 Å². The molecule has 3 radical (unpaired) electrons. The molecule has 0 amide bonds. The van der Waals surface area contributed by atoms with Crippen LogP contribution in [-0.4, -0.2) is 16.6 Å². The first-order chi connectivity index (χ1) is 4.09. The van der Waals surface area contributed by atoms with Crippen molar-refractivity contribution < 1.29 is 4.43 Å². The van der Waals surface area contributed by atoms with Gasteiger partial charge in [0, 0.05) is 6.10 Å². The van der Waals surface area contributed by atoms with Gasteiger partial charge >= 0.3 is 0 Å². The average molecular weight is 143 g/mol. The molecule has 9 heavy (non-hydrogen) atoms. The number of rotatable bonds is 3. The second-order valence-electron chi connectivity index (χ2n) is 3.07. The monoisotopic (exact) mass is 143 g/mol. The lowest BCUT2D eigenvalue weighted by atomic mass is 9.97. The lowest BCUT2D eigenvalue weighted by molar-refractivity contribution is 0.117. The van der Waals surface area contributed by atoms with Gasteiger partial charge in [0.25, 0.3) is 0 Å². The Morgan fingerprint density at radius 1 is 1.00 bits per heavy atom. The van der Waals surface area contributed by atoms with E-state index in [1.54, 1.807) is 0 Å². The fourth-order valence-electron chi connectivity index (χ4n) is 1.04. The lowest BCUT2D eigenvalue weighted by Crippen LogP contribution is -2.24. The Kier molecular flexibility index (Phi) is 4.15. The SMILES string of the molecule is CC(C)C(O[Si])C(C)C. The summed E-state index contributed by atoms with van der Waals surface area (Å²) < 4.78 is 5.08. The van der Waals surface area contributed by atoms with E-state index < -0.39 is 0 Å². The van der Waals surface area contributed by atoms with Crippen LogP contribution in [0.2, 0.25) is 0 Å². The van der Waals surface area contributed by atoms with Crippen LogP contribution in [0.4, 0.5) is 0 Å². The molecule has 0 aliphatic heterocycles. The Morgan fingerprint density at radius 2 is 1.33 bits per heavy atom. The maximum Gasteiger partial charge on any atom is 0.246 e. The molecule has 0 heterocycles. The molecule has 0 unspecified atom stereocenters. The van der Waals surface area contributed by atoms with Crippen LogP contribution in [0.25, 0.3) is 0 Å². The Balaban J connectivity index is 3.68. The third kappa shape index (κ3) is 3.01. The standard InChI is InChI=1S/C7H15OSi/c1-5(2)7(8-9)6(3)4/h5-7H,1-4H3. The topological polar surface area (TPSA) is 9.23 Å². The molecule has 0 aromatic heterocycles. The molecule has 0 bridgehead atoms. The summed E-state index contributed by atoms with van der Waals surface area (Å²) in [6, 6.07) is 0. The zero-order valence-corrected chi connectivity index (χ0v) is 7.64. The third-order valence-corrected chi connectivity index (χ3v) is 1.72. The molecule has 0 aliphatic carbocycles. The molecule has 0 atom stereocenters. The first-order valence-corrected chi connectivity index (χ1v) is 3.82. The second-order valence-corrected chi connectivity index (χ2v) is 3.31. The van der Waals surface area contributed by atoms with Crippen molar-refractivity contribution in [2.24, 2.45) is 11.8 Å². The highest BCUT2D eigenvalue weighted by Crippen LogP contribution is 2.13. The van der Waals surface area contributed by atoms with Crippen molar-refractivity contribution in [3.63, 3.8) is 0 Å². The molecule has 1 nitrogen and oxygen atoms in total. The molecule has 0 fully saturated rings. The third-order valence-electron chi connectivity index (χ3n) is 1.45. The van der Waals surface area contributed by atoms with Gasteiger partial charge in [-0.2, -0.15) is 0 Å². The molecule has 2 heteroatoms. The zero-order valence-electron chi connectivity index (χ0n) is 6.64. The van der Waals surface area contributed by atoms with E-state index in [-0.39, 0.29) is 0 Å². The minimum Gasteiger partial charge on any atom is -0.415 e. The summed E-state index contributed by atoms with van der Waals surface area (Å²) in [6.45, 7) is 8.63. The Hall–Kier alpha value is 0.177. The van der Waals surface area contributed by atoms with E-state index in [2.05, 4.69) is 38.2 Å². The highest BCUT2D eigenvalue weighted by atomic mass is 28.2. The van der Waals surface area contributed by atoms with Crippen molar-refractivity contribution >= 4 is 10.5 Å². The number of hydrogen-bond donors (Lipinski definition) is 0. The predicted octanol–water partition coefficient (Wildman–Crippen LogP) is 1.77. The summed E-state index contributed by atoms with van der Waals surface area (Å²) in [5.74, 6) is 1.17. The van der Waals surface area contributed by atoms with E-state index in [9.17, 15) is 0 Å². The van der Waals surface area contributed by atoms with Gasteiger partial charge < -0.3 is 4.43 Å². The smallest absolute Gasteiger partial charge is 0.246 e. The van der Waals surface area contributed by atoms with E-state index in [1.165, 1.54) is 0 Å². The van der Waals surface area contributed by atoms with Crippen LogP contribution in [0, 0.1) is 11.8 Å². The van der Waals surface area contributed by atoms with Gasteiger partial charge in [0.1, 0.15) is 0 Å². The quantitative estimate of drug-likeness (QED) is 0.547. The molecule has 53 valence electrons. The van der Waals surface area contributed by atoms with E-state index in [0.29, 0.717) is 17.9 Å². The Morgan fingerprint density at radius 3 is 1.33 bits per heavy atom. The van der Waals surface area contributed by atoms with E-state index in [1.807, 2.05) is 0 Å². The molecule has 0 aliphatic rings. The van der Waals surface area contributed by atoms with Crippen LogP contribution < -0.4 is 0 Å². The fourth-order valence-corrected chi connectivity index (χ4v) is 1.59. The Labute approximate surface area is 61.3 Å². The van der Waals surface area contributed by atoms with Crippen molar-refractivity contribution in [2.45, 2.75) is 33.8 Å². The summed E-state index contributed by atoms with van der Waals surface area (Å²) in [7, 11) is 3.06. The van der Waals surface area contributed by atoms with Crippen LogP contribution in [-0.2, 0) is 4.43 Å². The van der Waals surface area contributed by atoms with Gasteiger partial charge in [-0.25, -0.2) is 0 Å². The van der Waals surface area contributed by atoms with Gasteiger partial charge in [-0.1, -0.05) is 27.7 Å². The van der Waals surface area contributed by atoms with Gasteiger partial charge in [-0.3, -0.25) is 0 Å². The summed E-state index contributed by atoms with van der Waals surface area (Å²) in [4.78, 5) is 0. The maximum absolute atomic E-state index is 5.08. The summed E-state index contributed by atoms with van der Waals surface area (Å²) in [5.41, 5.74) is 0. The first kappa shape index (κ1) is 9.18. The molecule has 0 saturated carbocycles. The summed E-state index contributed by atoms with van der Waals surface area (Å²) >= 11 is 0. The summed E-state index contributed by atoms with van der Waals surface area (Å²) in [5, 5.41) is 0. The van der Waals surface area contributed by atoms with Gasteiger partial charge in [0.2, 0.25) is 10.5 Å². The number of hydrogen-bond acceptors (Lipinski definition) is 1. The van der Waals surface area contributed by atoms with Gasteiger partial charge in [-0.05, 0) is 11.8 Å². The molecule has 0 aromatic rings. The molecule has 0 aromatic carbocycles. The van der Waals surface area contributed by atoms with Crippen LogP contribution in [0.5, 0.6) is 0 Å². The molecule has 0 spiro atoms. The lowest BCUT2D eigenvalue weighted by Gasteiger charge is -2.22. The van der Waals surface area contributed by atoms with E-state index >= 15 is 0 Å². The van der Waals surface area contributed by atoms with Crippen molar-refractivity contribution in [3.05, 3.63) is 0 Å². The first-order valence-electron chi connectivity index (χ1n) is 3.42.